The zero-order valence-corrected chi connectivity index (χ0v) is 9.01. The van der Waals surface area contributed by atoms with Crippen LogP contribution < -0.4 is 5.32 Å². The molecule has 1 heterocycles. The number of rotatable bonds is 2. The second-order valence-electron chi connectivity index (χ2n) is 3.65. The monoisotopic (exact) mass is 219 g/mol. The van der Waals surface area contributed by atoms with Crippen LogP contribution in [0.25, 0.3) is 0 Å². The van der Waals surface area contributed by atoms with Gasteiger partial charge in [0.25, 0.3) is 0 Å². The molecule has 3 N–H and O–H groups in total. The number of amides is 1. The first-order valence-electron chi connectivity index (χ1n) is 4.79. The fourth-order valence-electron chi connectivity index (χ4n) is 1.64. The Labute approximate surface area is 88.2 Å². The molecule has 0 aromatic rings. The molecule has 0 bridgehead atoms. The van der Waals surface area contributed by atoms with Crippen molar-refractivity contribution in [2.24, 2.45) is 0 Å². The molecule has 5 atom stereocenters. The van der Waals surface area contributed by atoms with Crippen molar-refractivity contribution in [3.63, 3.8) is 0 Å². The van der Waals surface area contributed by atoms with Crippen molar-refractivity contribution in [2.75, 3.05) is 7.11 Å². The molecule has 1 amide bonds. The van der Waals surface area contributed by atoms with E-state index in [-0.39, 0.29) is 5.91 Å². The highest BCUT2D eigenvalue weighted by Gasteiger charge is 2.43. The highest BCUT2D eigenvalue weighted by atomic mass is 16.7. The van der Waals surface area contributed by atoms with E-state index in [1.54, 1.807) is 6.92 Å². The largest absolute Gasteiger partial charge is 0.388 e. The zero-order chi connectivity index (χ0) is 11.6. The molecule has 5 unspecified atom stereocenters. The molecule has 0 spiro atoms. The van der Waals surface area contributed by atoms with E-state index in [9.17, 15) is 15.0 Å². The lowest BCUT2D eigenvalue weighted by atomic mass is 9.97. The zero-order valence-electron chi connectivity index (χ0n) is 9.01. The highest BCUT2D eigenvalue weighted by molar-refractivity contribution is 5.73. The van der Waals surface area contributed by atoms with Crippen molar-refractivity contribution in [3.8, 4) is 0 Å². The summed E-state index contributed by atoms with van der Waals surface area (Å²) < 4.78 is 10.1. The van der Waals surface area contributed by atoms with Crippen LogP contribution in [0.2, 0.25) is 0 Å². The Kier molecular flexibility index (Phi) is 4.04. The highest BCUT2D eigenvalue weighted by Crippen LogP contribution is 2.21. The first kappa shape index (κ1) is 12.4. The van der Waals surface area contributed by atoms with Crippen LogP contribution in [0.1, 0.15) is 13.8 Å². The first-order valence-corrected chi connectivity index (χ1v) is 4.79. The minimum absolute atomic E-state index is 0.318. The van der Waals surface area contributed by atoms with Gasteiger partial charge in [-0.05, 0) is 6.92 Å². The predicted octanol–water partition coefficient (Wildman–Crippen LogP) is -1.40. The van der Waals surface area contributed by atoms with Gasteiger partial charge in [0, 0.05) is 14.0 Å². The third-order valence-electron chi connectivity index (χ3n) is 2.45. The molecule has 1 aliphatic rings. The quantitative estimate of drug-likeness (QED) is 0.532. The number of ether oxygens (including phenoxy) is 2. The van der Waals surface area contributed by atoms with Crippen LogP contribution in [0, 0.1) is 0 Å². The molecule has 1 aliphatic heterocycles. The summed E-state index contributed by atoms with van der Waals surface area (Å²) in [7, 11) is 1.39. The van der Waals surface area contributed by atoms with E-state index in [1.807, 2.05) is 0 Å². The number of aliphatic hydroxyl groups is 2. The van der Waals surface area contributed by atoms with Gasteiger partial charge in [0.2, 0.25) is 5.91 Å². The number of nitrogens with one attached hydrogen (secondary N) is 1. The molecule has 0 aromatic heterocycles. The number of aliphatic hydroxyl groups excluding tert-OH is 2. The van der Waals surface area contributed by atoms with Gasteiger partial charge in [-0.25, -0.2) is 0 Å². The Bertz CT molecular complexity index is 235. The van der Waals surface area contributed by atoms with Crippen LogP contribution in [-0.4, -0.2) is 53.9 Å². The van der Waals surface area contributed by atoms with Gasteiger partial charge in [0.1, 0.15) is 12.2 Å². The fourth-order valence-corrected chi connectivity index (χ4v) is 1.64. The van der Waals surface area contributed by atoms with Gasteiger partial charge in [-0.15, -0.1) is 0 Å². The van der Waals surface area contributed by atoms with E-state index >= 15 is 0 Å². The lowest BCUT2D eigenvalue weighted by Crippen LogP contribution is -2.63. The Morgan fingerprint density at radius 3 is 2.47 bits per heavy atom. The minimum Gasteiger partial charge on any atom is -0.388 e. The molecule has 0 aromatic carbocycles. The predicted molar refractivity (Wildman–Crippen MR) is 51.0 cm³/mol. The number of carbonyl (C=O) groups excluding carboxylic acids is 1. The summed E-state index contributed by atoms with van der Waals surface area (Å²) in [6.07, 6.45) is -3.36. The maximum Gasteiger partial charge on any atom is 0.217 e. The van der Waals surface area contributed by atoms with E-state index in [0.29, 0.717) is 0 Å². The van der Waals surface area contributed by atoms with Crippen molar-refractivity contribution < 1.29 is 24.5 Å². The Hall–Kier alpha value is -0.690. The third-order valence-corrected chi connectivity index (χ3v) is 2.45. The standard InChI is InChI=1S/C9H17NO5/c1-4-7(12)6(10-5(2)11)8(13)9(14-3)15-4/h4,6-9,12-13H,1-3H3,(H,10,11). The van der Waals surface area contributed by atoms with Gasteiger partial charge >= 0.3 is 0 Å². The normalized spacial score (nSPS) is 41.3. The molecular formula is C9H17NO5. The van der Waals surface area contributed by atoms with E-state index in [4.69, 9.17) is 9.47 Å². The summed E-state index contributed by atoms with van der Waals surface area (Å²) in [4.78, 5) is 10.9. The van der Waals surface area contributed by atoms with Crippen molar-refractivity contribution >= 4 is 5.91 Å². The molecule has 15 heavy (non-hydrogen) atoms. The van der Waals surface area contributed by atoms with Crippen molar-refractivity contribution in [1.82, 2.24) is 5.32 Å². The molecule has 6 heteroatoms. The smallest absolute Gasteiger partial charge is 0.217 e. The van der Waals surface area contributed by atoms with Crippen molar-refractivity contribution in [2.45, 2.75) is 44.5 Å². The minimum atomic E-state index is -1.08. The van der Waals surface area contributed by atoms with Crippen LogP contribution in [0.3, 0.4) is 0 Å². The maximum absolute atomic E-state index is 10.9. The Morgan fingerprint density at radius 1 is 1.40 bits per heavy atom. The Balaban J connectivity index is 2.74. The molecule has 0 saturated carbocycles. The number of hydrogen-bond donors (Lipinski definition) is 3. The summed E-state index contributed by atoms with van der Waals surface area (Å²) in [6, 6.07) is -0.767. The van der Waals surface area contributed by atoms with E-state index in [1.165, 1.54) is 14.0 Å². The van der Waals surface area contributed by atoms with Crippen LogP contribution in [0.15, 0.2) is 0 Å². The van der Waals surface area contributed by atoms with Gasteiger partial charge in [-0.1, -0.05) is 0 Å². The van der Waals surface area contributed by atoms with Crippen LogP contribution in [-0.2, 0) is 14.3 Å². The summed E-state index contributed by atoms with van der Waals surface area (Å²) in [5.74, 6) is -0.318. The molecule has 1 fully saturated rings. The fraction of sp³-hybridized carbons (Fsp3) is 0.889. The first-order chi connectivity index (χ1) is 6.97. The van der Waals surface area contributed by atoms with Crippen LogP contribution in [0.5, 0.6) is 0 Å². The molecule has 0 radical (unpaired) electrons. The molecule has 88 valence electrons. The van der Waals surface area contributed by atoms with E-state index in [0.717, 1.165) is 0 Å². The van der Waals surface area contributed by atoms with Gasteiger partial charge < -0.3 is 25.0 Å². The van der Waals surface area contributed by atoms with E-state index < -0.39 is 30.6 Å². The molecule has 6 nitrogen and oxygen atoms in total. The second kappa shape index (κ2) is 4.89. The SMILES string of the molecule is COC1OC(C)C(O)C(NC(C)=O)C1O. The van der Waals surface area contributed by atoms with Crippen molar-refractivity contribution in [1.29, 1.82) is 0 Å². The average Bonchev–Trinajstić information content (AvgIpc) is 2.18. The van der Waals surface area contributed by atoms with Crippen molar-refractivity contribution in [3.05, 3.63) is 0 Å². The van der Waals surface area contributed by atoms with Crippen LogP contribution in [0.4, 0.5) is 0 Å². The van der Waals surface area contributed by atoms with Gasteiger partial charge in [-0.2, -0.15) is 0 Å². The lowest BCUT2D eigenvalue weighted by Gasteiger charge is -2.41. The topological polar surface area (TPSA) is 88.0 Å². The van der Waals surface area contributed by atoms with E-state index in [2.05, 4.69) is 5.32 Å². The van der Waals surface area contributed by atoms with Gasteiger partial charge in [0.05, 0.1) is 12.1 Å². The van der Waals surface area contributed by atoms with Crippen LogP contribution >= 0.6 is 0 Å². The average molecular weight is 219 g/mol. The van der Waals surface area contributed by atoms with Gasteiger partial charge in [-0.3, -0.25) is 4.79 Å². The number of carbonyl (C=O) groups is 1. The number of hydrogen-bond acceptors (Lipinski definition) is 5. The Morgan fingerprint density at radius 2 is 2.00 bits per heavy atom. The molecule has 0 aliphatic carbocycles. The summed E-state index contributed by atoms with van der Waals surface area (Å²) in [6.45, 7) is 2.97. The molecule has 1 rings (SSSR count). The lowest BCUT2D eigenvalue weighted by molar-refractivity contribution is -0.261. The maximum atomic E-state index is 10.9. The van der Waals surface area contributed by atoms with Gasteiger partial charge in [0.15, 0.2) is 6.29 Å². The second-order valence-corrected chi connectivity index (χ2v) is 3.65. The third kappa shape index (κ3) is 2.66. The summed E-state index contributed by atoms with van der Waals surface area (Å²) in [5.41, 5.74) is 0. The number of methoxy groups -OCH3 is 1. The summed E-state index contributed by atoms with van der Waals surface area (Å²) in [5, 5.41) is 21.9. The summed E-state index contributed by atoms with van der Waals surface area (Å²) >= 11 is 0. The molecule has 1 saturated heterocycles. The molecular weight excluding hydrogens is 202 g/mol.